The van der Waals surface area contributed by atoms with Crippen LogP contribution in [0.4, 0.5) is 0 Å². The van der Waals surface area contributed by atoms with Crippen LogP contribution in [0.15, 0.2) is 72.8 Å². The minimum atomic E-state index is -0.902. The highest BCUT2D eigenvalue weighted by atomic mass is 16.4. The van der Waals surface area contributed by atoms with Crippen LogP contribution >= 0.6 is 0 Å². The molecule has 0 aliphatic rings. The summed E-state index contributed by atoms with van der Waals surface area (Å²) in [5.41, 5.74) is 5.27. The van der Waals surface area contributed by atoms with Crippen molar-refractivity contribution in [2.75, 3.05) is 0 Å². The molecule has 3 aromatic carbocycles. The molecule has 2 heteroatoms. The SMILES string of the molecule is CC(C)c1ccc(C(=O)O)c(-c2ccccc2)c1-c1ccccc1. The predicted octanol–water partition coefficient (Wildman–Crippen LogP) is 5.84. The van der Waals surface area contributed by atoms with E-state index in [4.69, 9.17) is 0 Å². The third kappa shape index (κ3) is 2.95. The molecule has 24 heavy (non-hydrogen) atoms. The van der Waals surface area contributed by atoms with Gasteiger partial charge < -0.3 is 5.11 Å². The first kappa shape index (κ1) is 16.0. The van der Waals surface area contributed by atoms with Crippen molar-refractivity contribution in [3.8, 4) is 22.3 Å². The van der Waals surface area contributed by atoms with Gasteiger partial charge in [0.2, 0.25) is 0 Å². The van der Waals surface area contributed by atoms with Crippen molar-refractivity contribution < 1.29 is 9.90 Å². The zero-order valence-corrected chi connectivity index (χ0v) is 13.9. The van der Waals surface area contributed by atoms with Crippen LogP contribution in [0.5, 0.6) is 0 Å². The fraction of sp³-hybridized carbons (Fsp3) is 0.136. The molecule has 0 radical (unpaired) electrons. The minimum Gasteiger partial charge on any atom is -0.478 e. The Hall–Kier alpha value is -2.87. The molecule has 0 aliphatic heterocycles. The zero-order valence-electron chi connectivity index (χ0n) is 13.9. The number of rotatable bonds is 4. The number of carboxylic acid groups (broad SMARTS) is 1. The van der Waals surface area contributed by atoms with E-state index in [1.807, 2.05) is 66.7 Å². The van der Waals surface area contributed by atoms with Gasteiger partial charge in [-0.1, -0.05) is 80.6 Å². The van der Waals surface area contributed by atoms with Crippen molar-refractivity contribution in [1.82, 2.24) is 0 Å². The van der Waals surface area contributed by atoms with Gasteiger partial charge in [-0.3, -0.25) is 0 Å². The third-order valence-electron chi connectivity index (χ3n) is 4.21. The zero-order chi connectivity index (χ0) is 17.1. The van der Waals surface area contributed by atoms with Crippen LogP contribution in [0.2, 0.25) is 0 Å². The fourth-order valence-electron chi connectivity index (χ4n) is 3.10. The van der Waals surface area contributed by atoms with Gasteiger partial charge in [-0.2, -0.15) is 0 Å². The van der Waals surface area contributed by atoms with Gasteiger partial charge in [-0.25, -0.2) is 4.79 Å². The average molecular weight is 316 g/mol. The van der Waals surface area contributed by atoms with Gasteiger partial charge >= 0.3 is 5.97 Å². The summed E-state index contributed by atoms with van der Waals surface area (Å²) in [5.74, 6) is -0.605. The summed E-state index contributed by atoms with van der Waals surface area (Å²) in [4.78, 5) is 11.9. The second-order valence-electron chi connectivity index (χ2n) is 6.14. The molecule has 0 aliphatic carbocycles. The van der Waals surface area contributed by atoms with E-state index in [0.717, 1.165) is 27.8 Å². The molecule has 3 aromatic rings. The number of carboxylic acids is 1. The quantitative estimate of drug-likeness (QED) is 0.656. The van der Waals surface area contributed by atoms with E-state index in [2.05, 4.69) is 13.8 Å². The Morgan fingerprint density at radius 3 is 1.71 bits per heavy atom. The molecule has 0 aromatic heterocycles. The van der Waals surface area contributed by atoms with Crippen molar-refractivity contribution in [2.24, 2.45) is 0 Å². The van der Waals surface area contributed by atoms with E-state index in [-0.39, 0.29) is 0 Å². The molecule has 1 N–H and O–H groups in total. The normalized spacial score (nSPS) is 10.8. The van der Waals surface area contributed by atoms with Gasteiger partial charge in [0.05, 0.1) is 5.56 Å². The molecule has 0 atom stereocenters. The standard InChI is InChI=1S/C22H20O2/c1-15(2)18-13-14-19(22(23)24)21(17-11-7-4-8-12-17)20(18)16-9-5-3-6-10-16/h3-15H,1-2H3,(H,23,24). The van der Waals surface area contributed by atoms with E-state index in [0.29, 0.717) is 11.5 Å². The van der Waals surface area contributed by atoms with Crippen molar-refractivity contribution in [2.45, 2.75) is 19.8 Å². The van der Waals surface area contributed by atoms with Crippen LogP contribution in [-0.2, 0) is 0 Å². The van der Waals surface area contributed by atoms with Gasteiger partial charge in [-0.05, 0) is 34.2 Å². The lowest BCUT2D eigenvalue weighted by Gasteiger charge is -2.20. The summed E-state index contributed by atoms with van der Waals surface area (Å²) in [6.07, 6.45) is 0. The lowest BCUT2D eigenvalue weighted by atomic mass is 9.83. The topological polar surface area (TPSA) is 37.3 Å². The predicted molar refractivity (Wildman–Crippen MR) is 98.4 cm³/mol. The van der Waals surface area contributed by atoms with Crippen LogP contribution in [0.3, 0.4) is 0 Å². The lowest BCUT2D eigenvalue weighted by Crippen LogP contribution is -2.05. The first-order valence-electron chi connectivity index (χ1n) is 8.10. The first-order chi connectivity index (χ1) is 11.6. The van der Waals surface area contributed by atoms with E-state index < -0.39 is 5.97 Å². The number of hydrogen-bond acceptors (Lipinski definition) is 1. The highest BCUT2D eigenvalue weighted by Gasteiger charge is 2.21. The summed E-state index contributed by atoms with van der Waals surface area (Å²) in [6.45, 7) is 4.27. The molecule has 0 bridgehead atoms. The second kappa shape index (κ2) is 6.71. The van der Waals surface area contributed by atoms with Crippen LogP contribution < -0.4 is 0 Å². The molecule has 0 spiro atoms. The van der Waals surface area contributed by atoms with E-state index >= 15 is 0 Å². The third-order valence-corrected chi connectivity index (χ3v) is 4.21. The Kier molecular flexibility index (Phi) is 4.48. The van der Waals surface area contributed by atoms with Crippen LogP contribution in [-0.4, -0.2) is 11.1 Å². The smallest absolute Gasteiger partial charge is 0.336 e. The van der Waals surface area contributed by atoms with Crippen molar-refractivity contribution >= 4 is 5.97 Å². The van der Waals surface area contributed by atoms with Gasteiger partial charge in [0.15, 0.2) is 0 Å². The molecule has 0 amide bonds. The van der Waals surface area contributed by atoms with Crippen LogP contribution in [0, 0.1) is 0 Å². The summed E-state index contributed by atoms with van der Waals surface area (Å²) in [5, 5.41) is 9.73. The molecule has 120 valence electrons. The molecule has 0 heterocycles. The van der Waals surface area contributed by atoms with Gasteiger partial charge in [0, 0.05) is 5.56 Å². The van der Waals surface area contributed by atoms with E-state index in [1.165, 1.54) is 0 Å². The minimum absolute atomic E-state index is 0.297. The number of benzene rings is 3. The molecule has 0 fully saturated rings. The Labute approximate surface area is 142 Å². The van der Waals surface area contributed by atoms with Crippen LogP contribution in [0.1, 0.15) is 35.7 Å². The van der Waals surface area contributed by atoms with Crippen molar-refractivity contribution in [3.63, 3.8) is 0 Å². The Balaban J connectivity index is 2.43. The number of aromatic carboxylic acids is 1. The van der Waals surface area contributed by atoms with Crippen LogP contribution in [0.25, 0.3) is 22.3 Å². The van der Waals surface area contributed by atoms with Gasteiger partial charge in [0.25, 0.3) is 0 Å². The molecule has 0 saturated heterocycles. The number of carbonyl (C=O) groups is 1. The Morgan fingerprint density at radius 1 is 0.750 bits per heavy atom. The average Bonchev–Trinajstić information content (AvgIpc) is 2.61. The van der Waals surface area contributed by atoms with Gasteiger partial charge in [-0.15, -0.1) is 0 Å². The van der Waals surface area contributed by atoms with Crippen molar-refractivity contribution in [1.29, 1.82) is 0 Å². The summed E-state index contributed by atoms with van der Waals surface area (Å²) in [6, 6.07) is 23.5. The maximum atomic E-state index is 11.9. The Morgan fingerprint density at radius 2 is 1.25 bits per heavy atom. The highest BCUT2D eigenvalue weighted by molar-refractivity contribution is 6.02. The van der Waals surface area contributed by atoms with Crippen molar-refractivity contribution in [3.05, 3.63) is 83.9 Å². The lowest BCUT2D eigenvalue weighted by molar-refractivity contribution is 0.0697. The second-order valence-corrected chi connectivity index (χ2v) is 6.14. The molecular formula is C22H20O2. The number of hydrogen-bond donors (Lipinski definition) is 1. The maximum Gasteiger partial charge on any atom is 0.336 e. The van der Waals surface area contributed by atoms with Gasteiger partial charge in [0.1, 0.15) is 0 Å². The first-order valence-corrected chi connectivity index (χ1v) is 8.10. The largest absolute Gasteiger partial charge is 0.478 e. The molecule has 3 rings (SSSR count). The summed E-state index contributed by atoms with van der Waals surface area (Å²) >= 11 is 0. The maximum absolute atomic E-state index is 11.9. The molecule has 2 nitrogen and oxygen atoms in total. The van der Waals surface area contributed by atoms with E-state index in [9.17, 15) is 9.90 Å². The van der Waals surface area contributed by atoms with E-state index in [1.54, 1.807) is 6.07 Å². The summed E-state index contributed by atoms with van der Waals surface area (Å²) < 4.78 is 0. The molecule has 0 saturated carbocycles. The molecular weight excluding hydrogens is 296 g/mol. The monoisotopic (exact) mass is 316 g/mol. The fourth-order valence-corrected chi connectivity index (χ4v) is 3.10. The molecule has 0 unspecified atom stereocenters. The highest BCUT2D eigenvalue weighted by Crippen LogP contribution is 2.40. The summed E-state index contributed by atoms with van der Waals surface area (Å²) in [7, 11) is 0. The Bertz CT molecular complexity index is 850.